The summed E-state index contributed by atoms with van der Waals surface area (Å²) in [4.78, 5) is 8.79. The monoisotopic (exact) mass is 184 g/mol. The maximum absolute atomic E-state index is 4.47. The Bertz CT molecular complexity index is 501. The van der Waals surface area contributed by atoms with Crippen molar-refractivity contribution in [3.05, 3.63) is 41.7 Å². The average molecular weight is 184 g/mol. The molecule has 2 aromatic heterocycles. The number of aromatic nitrogens is 2. The van der Waals surface area contributed by atoms with Gasteiger partial charge in [-0.15, -0.1) is 0 Å². The number of pyridine rings is 2. The highest BCUT2D eigenvalue weighted by atomic mass is 14.8. The van der Waals surface area contributed by atoms with Gasteiger partial charge in [0.15, 0.2) is 0 Å². The molecule has 0 bridgehead atoms. The molecule has 0 saturated heterocycles. The molecule has 0 saturated carbocycles. The molecule has 0 spiro atoms. The van der Waals surface area contributed by atoms with Gasteiger partial charge >= 0.3 is 0 Å². The quantitative estimate of drug-likeness (QED) is 0.681. The van der Waals surface area contributed by atoms with Crippen LogP contribution < -0.4 is 0 Å². The van der Waals surface area contributed by atoms with Gasteiger partial charge in [-0.2, -0.15) is 0 Å². The highest BCUT2D eigenvalue weighted by molar-refractivity contribution is 5.85. The third-order valence-electron chi connectivity index (χ3n) is 2.48. The molecule has 0 fully saturated rings. The van der Waals surface area contributed by atoms with Crippen molar-refractivity contribution in [2.24, 2.45) is 0 Å². The summed E-state index contributed by atoms with van der Waals surface area (Å²) >= 11 is 0. The van der Waals surface area contributed by atoms with E-state index < -0.39 is 0 Å². The first-order chi connectivity index (χ1) is 6.74. The van der Waals surface area contributed by atoms with E-state index in [0.717, 1.165) is 27.9 Å². The average Bonchev–Trinajstić information content (AvgIpc) is 2.20. The van der Waals surface area contributed by atoms with Crippen molar-refractivity contribution in [2.75, 3.05) is 0 Å². The van der Waals surface area contributed by atoms with Crippen molar-refractivity contribution >= 4 is 17.1 Å². The molecule has 70 valence electrons. The van der Waals surface area contributed by atoms with E-state index in [-0.39, 0.29) is 0 Å². The van der Waals surface area contributed by atoms with E-state index in [1.165, 1.54) is 0 Å². The van der Waals surface area contributed by atoms with Crippen LogP contribution in [0.5, 0.6) is 0 Å². The smallest absolute Gasteiger partial charge is 0.0961 e. The maximum atomic E-state index is 4.47. The molecule has 14 heavy (non-hydrogen) atoms. The molecular formula is C12H12N2. The summed E-state index contributed by atoms with van der Waals surface area (Å²) in [5.74, 6) is 0. The van der Waals surface area contributed by atoms with Gasteiger partial charge in [-0.3, -0.25) is 9.97 Å². The Morgan fingerprint density at radius 3 is 2.86 bits per heavy atom. The van der Waals surface area contributed by atoms with E-state index in [0.29, 0.717) is 0 Å². The first-order valence-corrected chi connectivity index (χ1v) is 4.58. The number of rotatable bonds is 1. The van der Waals surface area contributed by atoms with Gasteiger partial charge in [0.1, 0.15) is 0 Å². The van der Waals surface area contributed by atoms with E-state index in [4.69, 9.17) is 0 Å². The van der Waals surface area contributed by atoms with Crippen molar-refractivity contribution in [1.29, 1.82) is 0 Å². The molecule has 0 aromatic carbocycles. The van der Waals surface area contributed by atoms with Gasteiger partial charge in [0.2, 0.25) is 0 Å². The molecule has 0 amide bonds. The molecule has 0 N–H and O–H groups in total. The molecule has 2 heteroatoms. The summed E-state index contributed by atoms with van der Waals surface area (Å²) in [6.07, 6.45) is 3.63. The second-order valence-electron chi connectivity index (χ2n) is 3.31. The lowest BCUT2D eigenvalue weighted by Crippen LogP contribution is -1.94. The molecule has 2 rings (SSSR count). The Labute approximate surface area is 83.3 Å². The Balaban J connectivity index is 2.96. The van der Waals surface area contributed by atoms with Gasteiger partial charge < -0.3 is 0 Å². The molecule has 0 aliphatic rings. The van der Waals surface area contributed by atoms with Crippen LogP contribution in [0.4, 0.5) is 0 Å². The topological polar surface area (TPSA) is 25.8 Å². The highest BCUT2D eigenvalue weighted by Crippen LogP contribution is 2.21. The first-order valence-electron chi connectivity index (χ1n) is 4.58. The van der Waals surface area contributed by atoms with Gasteiger partial charge in [-0.25, -0.2) is 0 Å². The number of hydrogen-bond acceptors (Lipinski definition) is 2. The number of nitrogens with zero attached hydrogens (tertiary/aromatic N) is 2. The van der Waals surface area contributed by atoms with Crippen LogP contribution in [0.25, 0.3) is 17.1 Å². The van der Waals surface area contributed by atoms with Gasteiger partial charge in [-0.1, -0.05) is 12.7 Å². The van der Waals surface area contributed by atoms with Crippen LogP contribution >= 0.6 is 0 Å². The second kappa shape index (κ2) is 3.22. The summed E-state index contributed by atoms with van der Waals surface area (Å²) < 4.78 is 0. The van der Waals surface area contributed by atoms with Gasteiger partial charge in [0, 0.05) is 17.5 Å². The van der Waals surface area contributed by atoms with E-state index in [2.05, 4.69) is 16.5 Å². The van der Waals surface area contributed by atoms with Crippen molar-refractivity contribution in [3.8, 4) is 0 Å². The minimum Gasteiger partial charge on any atom is -0.254 e. The van der Waals surface area contributed by atoms with E-state index >= 15 is 0 Å². The standard InChI is InChI=1S/C12H12N2/c1-4-10-8(2)9(3)14-11-6-5-7-13-12(10)11/h4-7H,1H2,2-3H3. The zero-order chi connectivity index (χ0) is 10.1. The maximum Gasteiger partial charge on any atom is 0.0961 e. The normalized spacial score (nSPS) is 10.4. The van der Waals surface area contributed by atoms with Crippen LogP contribution in [0.3, 0.4) is 0 Å². The molecule has 2 aromatic rings. The predicted molar refractivity (Wildman–Crippen MR) is 59.1 cm³/mol. The lowest BCUT2D eigenvalue weighted by molar-refractivity contribution is 1.17. The third kappa shape index (κ3) is 1.20. The van der Waals surface area contributed by atoms with Gasteiger partial charge in [-0.05, 0) is 31.5 Å². The second-order valence-corrected chi connectivity index (χ2v) is 3.31. The molecule has 2 nitrogen and oxygen atoms in total. The minimum absolute atomic E-state index is 0.936. The fourth-order valence-corrected chi connectivity index (χ4v) is 1.58. The summed E-state index contributed by atoms with van der Waals surface area (Å²) in [6.45, 7) is 7.87. The molecule has 2 heterocycles. The van der Waals surface area contributed by atoms with E-state index in [9.17, 15) is 0 Å². The van der Waals surface area contributed by atoms with Crippen molar-refractivity contribution < 1.29 is 0 Å². The number of hydrogen-bond donors (Lipinski definition) is 0. The Kier molecular flexibility index (Phi) is 2.04. The fourth-order valence-electron chi connectivity index (χ4n) is 1.58. The summed E-state index contributed by atoms with van der Waals surface area (Å²) in [7, 11) is 0. The van der Waals surface area contributed by atoms with Gasteiger partial charge in [0.05, 0.1) is 11.0 Å². The van der Waals surface area contributed by atoms with Crippen LogP contribution in [0.2, 0.25) is 0 Å². The molecular weight excluding hydrogens is 172 g/mol. The lowest BCUT2D eigenvalue weighted by atomic mass is 10.1. The van der Waals surface area contributed by atoms with Crippen molar-refractivity contribution in [3.63, 3.8) is 0 Å². The Hall–Kier alpha value is -1.70. The molecule has 0 aliphatic heterocycles. The van der Waals surface area contributed by atoms with Crippen LogP contribution in [0, 0.1) is 13.8 Å². The summed E-state index contributed by atoms with van der Waals surface area (Å²) in [5, 5.41) is 0. The SMILES string of the molecule is C=Cc1c(C)c(C)nc2cccnc12. The molecule has 0 radical (unpaired) electrons. The zero-order valence-electron chi connectivity index (χ0n) is 8.41. The molecule has 0 unspecified atom stereocenters. The highest BCUT2D eigenvalue weighted by Gasteiger charge is 2.06. The Morgan fingerprint density at radius 1 is 1.36 bits per heavy atom. The third-order valence-corrected chi connectivity index (χ3v) is 2.48. The van der Waals surface area contributed by atoms with Crippen molar-refractivity contribution in [2.45, 2.75) is 13.8 Å². The van der Waals surface area contributed by atoms with Crippen LogP contribution in [-0.4, -0.2) is 9.97 Å². The van der Waals surface area contributed by atoms with Crippen LogP contribution in [-0.2, 0) is 0 Å². The molecule has 0 atom stereocenters. The minimum atomic E-state index is 0.936. The van der Waals surface area contributed by atoms with E-state index in [1.807, 2.05) is 32.1 Å². The Morgan fingerprint density at radius 2 is 2.14 bits per heavy atom. The van der Waals surface area contributed by atoms with Crippen LogP contribution in [0.1, 0.15) is 16.8 Å². The number of aryl methyl sites for hydroxylation is 1. The summed E-state index contributed by atoms with van der Waals surface area (Å²) in [6, 6.07) is 3.87. The lowest BCUT2D eigenvalue weighted by Gasteiger charge is -2.07. The molecule has 0 aliphatic carbocycles. The van der Waals surface area contributed by atoms with E-state index in [1.54, 1.807) is 6.20 Å². The van der Waals surface area contributed by atoms with Crippen molar-refractivity contribution in [1.82, 2.24) is 9.97 Å². The first kappa shape index (κ1) is 8.88. The number of fused-ring (bicyclic) bond motifs is 1. The fraction of sp³-hybridized carbons (Fsp3) is 0.167. The predicted octanol–water partition coefficient (Wildman–Crippen LogP) is 2.89. The zero-order valence-corrected chi connectivity index (χ0v) is 8.41. The summed E-state index contributed by atoms with van der Waals surface area (Å²) in [5.41, 5.74) is 5.16. The van der Waals surface area contributed by atoms with Crippen LogP contribution in [0.15, 0.2) is 24.9 Å². The van der Waals surface area contributed by atoms with Gasteiger partial charge in [0.25, 0.3) is 0 Å². The largest absolute Gasteiger partial charge is 0.254 e.